The summed E-state index contributed by atoms with van der Waals surface area (Å²) in [7, 11) is 1.69. The van der Waals surface area contributed by atoms with Gasteiger partial charge in [0.1, 0.15) is 10.9 Å². The summed E-state index contributed by atoms with van der Waals surface area (Å²) in [6, 6.07) is 6.36. The number of aromatic nitrogens is 5. The Labute approximate surface area is 222 Å². The van der Waals surface area contributed by atoms with E-state index in [1.807, 2.05) is 17.7 Å². The molecule has 1 aromatic carbocycles. The molecule has 0 unspecified atom stereocenters. The van der Waals surface area contributed by atoms with Crippen molar-refractivity contribution in [2.24, 2.45) is 5.41 Å². The molecule has 11 heteroatoms. The largest absolute Gasteiger partial charge is 0.445 e. The number of nitrogens with one attached hydrogen (secondary N) is 3. The van der Waals surface area contributed by atoms with Crippen LogP contribution in [0, 0.1) is 5.41 Å². The lowest BCUT2D eigenvalue weighted by molar-refractivity contribution is -0.129. The van der Waals surface area contributed by atoms with Gasteiger partial charge in [0, 0.05) is 36.8 Å². The van der Waals surface area contributed by atoms with Gasteiger partial charge in [-0.25, -0.2) is 14.6 Å². The highest BCUT2D eigenvalue weighted by Crippen LogP contribution is 2.39. The molecule has 3 aromatic heterocycles. The number of benzene rings is 1. The molecule has 1 saturated heterocycles. The number of hydrogen-bond acceptors (Lipinski definition) is 8. The molecule has 1 aliphatic carbocycles. The number of halogens is 1. The zero-order valence-corrected chi connectivity index (χ0v) is 22.4. The van der Waals surface area contributed by atoms with Crippen molar-refractivity contribution in [2.75, 3.05) is 25.5 Å². The molecule has 0 spiro atoms. The third kappa shape index (κ3) is 4.40. The normalized spacial score (nSPS) is 23.5. The molecule has 0 bridgehead atoms. The molecule has 4 heterocycles. The number of nitrogens with zero attached hydrogens (tertiary/aromatic N) is 5. The Morgan fingerprint density at radius 1 is 1.30 bits per heavy atom. The molecule has 3 N–H and O–H groups in total. The first kappa shape index (κ1) is 24.1. The minimum atomic E-state index is -0.378. The Morgan fingerprint density at radius 2 is 2.19 bits per heavy atom. The second kappa shape index (κ2) is 9.53. The lowest BCUT2D eigenvalue weighted by atomic mass is 9.87. The number of hydrogen-bond donors (Lipinski definition) is 3. The van der Waals surface area contributed by atoms with Crippen LogP contribution in [0.15, 0.2) is 45.9 Å². The number of carbonyl (C=O) groups is 1. The molecule has 6 rings (SSSR count). The van der Waals surface area contributed by atoms with E-state index in [4.69, 9.17) is 14.5 Å². The van der Waals surface area contributed by atoms with E-state index in [1.54, 1.807) is 25.7 Å². The van der Waals surface area contributed by atoms with Crippen molar-refractivity contribution < 1.29 is 9.21 Å². The van der Waals surface area contributed by atoms with Crippen LogP contribution in [0.1, 0.15) is 44.1 Å². The number of fused-ring (bicyclic) bond motifs is 1. The molecule has 4 aromatic rings. The molecule has 1 saturated carbocycles. The van der Waals surface area contributed by atoms with Crippen LogP contribution in [0.3, 0.4) is 0 Å². The molecule has 1 aliphatic heterocycles. The number of oxazole rings is 1. The summed E-state index contributed by atoms with van der Waals surface area (Å²) in [6.07, 6.45) is 8.55. The second-order valence-electron chi connectivity index (χ2n) is 10.2. The monoisotopic (exact) mass is 564 g/mol. The fourth-order valence-electron chi connectivity index (χ4n) is 5.66. The Balaban J connectivity index is 1.35. The van der Waals surface area contributed by atoms with Gasteiger partial charge in [-0.3, -0.25) is 4.79 Å². The molecular formula is C26H29BrN8O2. The van der Waals surface area contributed by atoms with E-state index in [9.17, 15) is 4.79 Å². The van der Waals surface area contributed by atoms with Gasteiger partial charge in [-0.1, -0.05) is 6.92 Å². The topological polar surface area (TPSA) is 123 Å². The summed E-state index contributed by atoms with van der Waals surface area (Å²) >= 11 is 3.59. The number of carbonyl (C=O) groups excluding carboxylic acids is 1. The Hall–Kier alpha value is -3.31. The highest BCUT2D eigenvalue weighted by atomic mass is 79.9. The van der Waals surface area contributed by atoms with E-state index in [2.05, 4.69) is 54.0 Å². The van der Waals surface area contributed by atoms with Crippen LogP contribution in [0.2, 0.25) is 0 Å². The van der Waals surface area contributed by atoms with Gasteiger partial charge in [0.2, 0.25) is 17.7 Å². The zero-order valence-electron chi connectivity index (χ0n) is 20.8. The first-order valence-corrected chi connectivity index (χ1v) is 13.4. The van der Waals surface area contributed by atoms with Crippen molar-refractivity contribution in [3.63, 3.8) is 0 Å². The molecule has 192 valence electrons. The van der Waals surface area contributed by atoms with Crippen molar-refractivity contribution in [1.29, 1.82) is 0 Å². The Morgan fingerprint density at radius 3 is 2.95 bits per heavy atom. The lowest BCUT2D eigenvalue weighted by Gasteiger charge is -2.22. The molecule has 3 atom stereocenters. The quantitative estimate of drug-likeness (QED) is 0.321. The molecule has 1 amide bonds. The van der Waals surface area contributed by atoms with Crippen molar-refractivity contribution >= 4 is 38.8 Å². The van der Waals surface area contributed by atoms with Gasteiger partial charge in [-0.15, -0.1) is 0 Å². The van der Waals surface area contributed by atoms with Crippen LogP contribution < -0.4 is 16.0 Å². The van der Waals surface area contributed by atoms with E-state index in [-0.39, 0.29) is 17.4 Å². The maximum atomic E-state index is 12.3. The van der Waals surface area contributed by atoms with Crippen LogP contribution in [0.25, 0.3) is 28.2 Å². The SMILES string of the molecule is CNC(=O)[C@]1(C)CC[C@@H](Nc2ncc3c(Br)nn(-c4ccc(-c5ncco5)c([C@H]5CCNC5)c4)c3n2)C1. The molecule has 10 nitrogen and oxygen atoms in total. The fourth-order valence-corrected chi connectivity index (χ4v) is 6.10. The minimum Gasteiger partial charge on any atom is -0.445 e. The molecular weight excluding hydrogens is 536 g/mol. The Bertz CT molecular complexity index is 1450. The van der Waals surface area contributed by atoms with Gasteiger partial charge >= 0.3 is 0 Å². The number of amides is 1. The second-order valence-corrected chi connectivity index (χ2v) is 10.9. The van der Waals surface area contributed by atoms with E-state index >= 15 is 0 Å². The summed E-state index contributed by atoms with van der Waals surface area (Å²) in [6.45, 7) is 3.91. The van der Waals surface area contributed by atoms with E-state index in [0.717, 1.165) is 55.4 Å². The summed E-state index contributed by atoms with van der Waals surface area (Å²) in [4.78, 5) is 26.1. The average molecular weight is 565 g/mol. The maximum Gasteiger partial charge on any atom is 0.226 e. The van der Waals surface area contributed by atoms with E-state index in [1.165, 1.54) is 5.56 Å². The summed E-state index contributed by atoms with van der Waals surface area (Å²) in [5, 5.41) is 15.3. The van der Waals surface area contributed by atoms with Gasteiger partial charge in [0.25, 0.3) is 0 Å². The molecule has 37 heavy (non-hydrogen) atoms. The Kier molecular flexibility index (Phi) is 6.20. The third-order valence-electron chi connectivity index (χ3n) is 7.67. The van der Waals surface area contributed by atoms with Crippen LogP contribution in [-0.4, -0.2) is 56.8 Å². The lowest BCUT2D eigenvalue weighted by Crippen LogP contribution is -2.35. The number of anilines is 1. The van der Waals surface area contributed by atoms with Crippen molar-refractivity contribution in [2.45, 2.75) is 44.6 Å². The van der Waals surface area contributed by atoms with Gasteiger partial charge in [-0.05, 0) is 77.8 Å². The summed E-state index contributed by atoms with van der Waals surface area (Å²) in [5.74, 6) is 1.59. The van der Waals surface area contributed by atoms with Crippen molar-refractivity contribution in [3.05, 3.63) is 47.0 Å². The smallest absolute Gasteiger partial charge is 0.226 e. The summed E-state index contributed by atoms with van der Waals surface area (Å²) in [5.41, 5.74) is 3.41. The molecule has 2 aliphatic rings. The predicted molar refractivity (Wildman–Crippen MR) is 144 cm³/mol. The molecule has 2 fully saturated rings. The first-order valence-electron chi connectivity index (χ1n) is 12.6. The fraction of sp³-hybridized carbons (Fsp3) is 0.423. The van der Waals surface area contributed by atoms with Gasteiger partial charge < -0.3 is 20.4 Å². The minimum absolute atomic E-state index is 0.0802. The van der Waals surface area contributed by atoms with Crippen LogP contribution >= 0.6 is 15.9 Å². The molecule has 0 radical (unpaired) electrons. The highest BCUT2D eigenvalue weighted by molar-refractivity contribution is 9.10. The average Bonchev–Trinajstić information content (AvgIpc) is 3.72. The summed E-state index contributed by atoms with van der Waals surface area (Å²) < 4.78 is 8.17. The van der Waals surface area contributed by atoms with Gasteiger partial charge in [-0.2, -0.15) is 10.1 Å². The first-order chi connectivity index (χ1) is 17.9. The van der Waals surface area contributed by atoms with Crippen LogP contribution in [0.4, 0.5) is 5.95 Å². The number of rotatable bonds is 6. The zero-order chi connectivity index (χ0) is 25.6. The highest BCUT2D eigenvalue weighted by Gasteiger charge is 2.41. The third-order valence-corrected chi connectivity index (χ3v) is 8.26. The van der Waals surface area contributed by atoms with Crippen LogP contribution in [0.5, 0.6) is 0 Å². The van der Waals surface area contributed by atoms with Crippen molar-refractivity contribution in [3.8, 4) is 17.1 Å². The maximum absolute atomic E-state index is 12.3. The van der Waals surface area contributed by atoms with Gasteiger partial charge in [0.05, 0.1) is 17.3 Å². The standard InChI is InChI=1S/C26H29BrN8O2/c1-26(24(36)28-2)7-5-16(12-26)32-25-31-14-20-21(27)34-35(22(20)33-25)17-3-4-18(23-30-9-10-37-23)19(11-17)15-6-8-29-13-15/h3-4,9-11,14-16,29H,5-8,12-13H2,1-2H3,(H,28,36)(H,31,32,33)/t15-,16+,26+/m0/s1. The predicted octanol–water partition coefficient (Wildman–Crippen LogP) is 4.03. The van der Waals surface area contributed by atoms with Crippen molar-refractivity contribution in [1.82, 2.24) is 35.4 Å². The van der Waals surface area contributed by atoms with E-state index in [0.29, 0.717) is 28.0 Å². The van der Waals surface area contributed by atoms with Gasteiger partial charge in [0.15, 0.2) is 5.65 Å². The van der Waals surface area contributed by atoms with E-state index < -0.39 is 0 Å². The van der Waals surface area contributed by atoms with Crippen LogP contribution in [-0.2, 0) is 4.79 Å².